The van der Waals surface area contributed by atoms with Crippen molar-refractivity contribution < 1.29 is 39.0 Å². The van der Waals surface area contributed by atoms with E-state index < -0.39 is 60.3 Å². The standard InChI is InChI=1S/C22H34FN3O7.3ClH/c1-11-8-21(29,10-26-9-12-4-6-13(23)7-5-12)22(30)20(31-11)32-19-17(28)14(24-2)16(27)15(25-3)18(19)33-22;;;/h4-7,11,14-20,24-30H,8-10H2,1-3H3;3*1H/t11-,14-,15+,16+,17+,18-,19-,20+,21-,22-;;;/m1.../s1. The lowest BCUT2D eigenvalue weighted by molar-refractivity contribution is -0.482. The molecule has 3 fully saturated rings. The predicted molar refractivity (Wildman–Crippen MR) is 136 cm³/mol. The quantitative estimate of drug-likeness (QED) is 0.234. The van der Waals surface area contributed by atoms with Crippen LogP contribution in [-0.4, -0.2) is 101 Å². The fourth-order valence-corrected chi connectivity index (χ4v) is 5.24. The van der Waals surface area contributed by atoms with Gasteiger partial charge in [0.05, 0.1) is 24.3 Å². The number of fused-ring (bicyclic) bond motifs is 2. The van der Waals surface area contributed by atoms with Crippen LogP contribution in [0.5, 0.6) is 0 Å². The smallest absolute Gasteiger partial charge is 0.249 e. The Kier molecular flexibility index (Phi) is 12.3. The molecule has 0 aromatic heterocycles. The normalized spacial score (nSPS) is 41.6. The van der Waals surface area contributed by atoms with Gasteiger partial charge in [0, 0.05) is 19.5 Å². The van der Waals surface area contributed by atoms with Crippen LogP contribution < -0.4 is 16.0 Å². The molecule has 2 saturated heterocycles. The van der Waals surface area contributed by atoms with Gasteiger partial charge in [-0.1, -0.05) is 12.1 Å². The number of likely N-dealkylation sites (N-methyl/N-ethyl adjacent to an activating group) is 2. The Morgan fingerprint density at radius 1 is 0.944 bits per heavy atom. The number of rotatable bonds is 6. The third-order valence-electron chi connectivity index (χ3n) is 7.01. The van der Waals surface area contributed by atoms with E-state index in [1.807, 2.05) is 0 Å². The van der Waals surface area contributed by atoms with Crippen molar-refractivity contribution in [3.63, 3.8) is 0 Å². The van der Waals surface area contributed by atoms with Crippen molar-refractivity contribution in [2.75, 3.05) is 20.6 Å². The van der Waals surface area contributed by atoms with Crippen LogP contribution in [-0.2, 0) is 20.8 Å². The summed E-state index contributed by atoms with van der Waals surface area (Å²) in [5, 5.41) is 53.7. The zero-order valence-electron chi connectivity index (χ0n) is 20.2. The number of halogens is 4. The molecule has 1 saturated carbocycles. The maximum Gasteiger partial charge on any atom is 0.249 e. The molecule has 2 heterocycles. The van der Waals surface area contributed by atoms with Gasteiger partial charge >= 0.3 is 0 Å². The van der Waals surface area contributed by atoms with E-state index >= 15 is 0 Å². The Morgan fingerprint density at radius 3 is 2.14 bits per heavy atom. The molecule has 3 aliphatic rings. The lowest BCUT2D eigenvalue weighted by atomic mass is 9.77. The third-order valence-corrected chi connectivity index (χ3v) is 7.01. The molecule has 1 aliphatic carbocycles. The van der Waals surface area contributed by atoms with E-state index in [4.69, 9.17) is 14.2 Å². The minimum Gasteiger partial charge on any atom is -0.390 e. The molecule has 0 amide bonds. The maximum atomic E-state index is 13.2. The van der Waals surface area contributed by atoms with Gasteiger partial charge < -0.3 is 50.6 Å². The van der Waals surface area contributed by atoms with Crippen molar-refractivity contribution in [1.82, 2.24) is 16.0 Å². The van der Waals surface area contributed by atoms with Crippen molar-refractivity contribution >= 4 is 37.2 Å². The van der Waals surface area contributed by atoms with Crippen LogP contribution in [0.15, 0.2) is 24.3 Å². The number of aliphatic hydroxyl groups is 4. The molecule has 0 spiro atoms. The van der Waals surface area contributed by atoms with Gasteiger partial charge in [-0.05, 0) is 38.7 Å². The predicted octanol–water partition coefficient (Wildman–Crippen LogP) is -0.569. The summed E-state index contributed by atoms with van der Waals surface area (Å²) in [7, 11) is 3.25. The average molecular weight is 581 g/mol. The number of hydrogen-bond donors (Lipinski definition) is 7. The summed E-state index contributed by atoms with van der Waals surface area (Å²) < 4.78 is 31.0. The van der Waals surface area contributed by atoms with Crippen molar-refractivity contribution in [2.24, 2.45) is 0 Å². The van der Waals surface area contributed by atoms with Gasteiger partial charge in [-0.25, -0.2) is 4.39 Å². The first-order valence-corrected chi connectivity index (χ1v) is 11.2. The largest absolute Gasteiger partial charge is 0.390 e. The van der Waals surface area contributed by atoms with E-state index in [-0.39, 0.29) is 56.0 Å². The minimum atomic E-state index is -2.27. The molecule has 0 unspecified atom stereocenters. The van der Waals surface area contributed by atoms with Crippen molar-refractivity contribution in [3.8, 4) is 0 Å². The van der Waals surface area contributed by atoms with Gasteiger partial charge in [0.15, 0.2) is 0 Å². The highest BCUT2D eigenvalue weighted by Crippen LogP contribution is 2.46. The first-order valence-electron chi connectivity index (χ1n) is 11.2. The summed E-state index contributed by atoms with van der Waals surface area (Å²) in [6, 6.07) is 4.55. The Labute approximate surface area is 228 Å². The molecular weight excluding hydrogens is 544 g/mol. The molecular formula is C22H37Cl3FN3O7. The summed E-state index contributed by atoms with van der Waals surface area (Å²) in [5.41, 5.74) is -1.01. The second kappa shape index (κ2) is 13.1. The van der Waals surface area contributed by atoms with Crippen molar-refractivity contribution in [3.05, 3.63) is 35.6 Å². The summed E-state index contributed by atoms with van der Waals surface area (Å²) in [6.07, 6.45) is -5.87. The van der Waals surface area contributed by atoms with Gasteiger partial charge in [0.2, 0.25) is 12.1 Å². The SMILES string of the molecule is CN[C@@H]1[C@H](O)[C@H](NC)[C@H]2O[C@]3(O)[C@H](O[C@@H]2[C@H]1O)O[C@H](C)C[C@@]3(O)CNCc1ccc(F)cc1.Cl.Cl.Cl. The van der Waals surface area contributed by atoms with E-state index in [0.29, 0.717) is 6.54 Å². The van der Waals surface area contributed by atoms with Crippen LogP contribution in [0.3, 0.4) is 0 Å². The summed E-state index contributed by atoms with van der Waals surface area (Å²) in [6.45, 7) is 2.00. The van der Waals surface area contributed by atoms with Crippen LogP contribution in [0.2, 0.25) is 0 Å². The van der Waals surface area contributed by atoms with E-state index in [9.17, 15) is 24.8 Å². The van der Waals surface area contributed by atoms with E-state index in [1.165, 1.54) is 12.1 Å². The molecule has 210 valence electrons. The summed E-state index contributed by atoms with van der Waals surface area (Å²) in [5.74, 6) is -2.61. The Morgan fingerprint density at radius 2 is 1.56 bits per heavy atom. The summed E-state index contributed by atoms with van der Waals surface area (Å²) >= 11 is 0. The highest BCUT2D eigenvalue weighted by Gasteiger charge is 2.68. The van der Waals surface area contributed by atoms with Crippen LogP contribution in [0.1, 0.15) is 18.9 Å². The lowest BCUT2D eigenvalue weighted by Crippen LogP contribution is -2.81. The zero-order chi connectivity index (χ0) is 24.0. The molecule has 0 bridgehead atoms. The lowest BCUT2D eigenvalue weighted by Gasteiger charge is -2.60. The first-order chi connectivity index (χ1) is 15.6. The molecule has 10 atom stereocenters. The Hall–Kier alpha value is -0.380. The molecule has 10 nitrogen and oxygen atoms in total. The van der Waals surface area contributed by atoms with E-state index in [0.717, 1.165) is 5.56 Å². The number of benzene rings is 1. The molecule has 36 heavy (non-hydrogen) atoms. The van der Waals surface area contributed by atoms with Crippen LogP contribution >= 0.6 is 37.2 Å². The Bertz CT molecular complexity index is 835. The molecule has 0 radical (unpaired) electrons. The van der Waals surface area contributed by atoms with Gasteiger partial charge in [-0.15, -0.1) is 37.2 Å². The molecule has 1 aromatic carbocycles. The first kappa shape index (κ1) is 33.6. The van der Waals surface area contributed by atoms with Crippen LogP contribution in [0.25, 0.3) is 0 Å². The number of nitrogens with one attached hydrogen (secondary N) is 3. The van der Waals surface area contributed by atoms with Gasteiger partial charge in [0.1, 0.15) is 29.7 Å². The van der Waals surface area contributed by atoms with Gasteiger partial charge in [-0.2, -0.15) is 0 Å². The molecule has 7 N–H and O–H groups in total. The van der Waals surface area contributed by atoms with Gasteiger partial charge in [-0.3, -0.25) is 0 Å². The van der Waals surface area contributed by atoms with E-state index in [2.05, 4.69) is 16.0 Å². The monoisotopic (exact) mass is 579 g/mol. The molecule has 14 heteroatoms. The minimum absolute atomic E-state index is 0. The zero-order valence-corrected chi connectivity index (χ0v) is 22.6. The number of ether oxygens (including phenoxy) is 3. The Balaban J connectivity index is 0.00000216. The highest BCUT2D eigenvalue weighted by atomic mass is 35.5. The second-order valence-electron chi connectivity index (χ2n) is 9.23. The molecule has 2 aliphatic heterocycles. The van der Waals surface area contributed by atoms with Gasteiger partial charge in [0.25, 0.3) is 0 Å². The number of hydrogen-bond acceptors (Lipinski definition) is 10. The second-order valence-corrected chi connectivity index (χ2v) is 9.23. The third kappa shape index (κ3) is 5.94. The number of aliphatic hydroxyl groups excluding tert-OH is 2. The van der Waals surface area contributed by atoms with Crippen LogP contribution in [0.4, 0.5) is 4.39 Å². The molecule has 1 aromatic rings. The van der Waals surface area contributed by atoms with Crippen molar-refractivity contribution in [1.29, 1.82) is 0 Å². The fraction of sp³-hybridized carbons (Fsp3) is 0.727. The maximum absolute atomic E-state index is 13.2. The van der Waals surface area contributed by atoms with E-state index in [1.54, 1.807) is 33.2 Å². The summed E-state index contributed by atoms with van der Waals surface area (Å²) in [4.78, 5) is 0. The van der Waals surface area contributed by atoms with Crippen LogP contribution in [0, 0.1) is 5.82 Å². The van der Waals surface area contributed by atoms with Crippen molar-refractivity contribution in [2.45, 2.75) is 80.2 Å². The fourth-order valence-electron chi connectivity index (χ4n) is 5.24. The average Bonchev–Trinajstić information content (AvgIpc) is 2.76. The highest BCUT2D eigenvalue weighted by molar-refractivity contribution is 5.86. The molecule has 4 rings (SSSR count). The topological polar surface area (TPSA) is 145 Å².